The Balaban J connectivity index is 2.37. The third-order valence-electron chi connectivity index (χ3n) is 3.18. The van der Waals surface area contributed by atoms with E-state index in [1.807, 2.05) is 32.0 Å². The average Bonchev–Trinajstić information content (AvgIpc) is 2.34. The van der Waals surface area contributed by atoms with Crippen LogP contribution in [0.4, 0.5) is 5.69 Å². The van der Waals surface area contributed by atoms with Crippen LogP contribution in [0.15, 0.2) is 47.4 Å². The van der Waals surface area contributed by atoms with Crippen molar-refractivity contribution in [3.63, 3.8) is 0 Å². The zero-order chi connectivity index (χ0) is 14.0. The Hall–Kier alpha value is -1.81. The lowest BCUT2D eigenvalue weighted by atomic mass is 10.1. The maximum Gasteiger partial charge on any atom is 0.184 e. The highest BCUT2D eigenvalue weighted by atomic mass is 32.2. The molecular formula is C15H17NO2S. The van der Waals surface area contributed by atoms with Gasteiger partial charge in [0.15, 0.2) is 9.84 Å². The minimum atomic E-state index is -3.40. The zero-order valence-corrected chi connectivity index (χ0v) is 11.9. The first kappa shape index (κ1) is 13.6. The molecule has 0 unspecified atom stereocenters. The van der Waals surface area contributed by atoms with Crippen molar-refractivity contribution < 1.29 is 8.42 Å². The fourth-order valence-corrected chi connectivity index (χ4v) is 3.44. The molecule has 0 aliphatic rings. The van der Waals surface area contributed by atoms with Crippen LogP contribution in [0.2, 0.25) is 0 Å². The summed E-state index contributed by atoms with van der Waals surface area (Å²) < 4.78 is 24.7. The number of nitrogens with two attached hydrogens (primary N) is 1. The molecule has 0 aliphatic heterocycles. The molecule has 2 rings (SSSR count). The quantitative estimate of drug-likeness (QED) is 0.876. The van der Waals surface area contributed by atoms with Gasteiger partial charge < -0.3 is 5.73 Å². The van der Waals surface area contributed by atoms with Crippen LogP contribution < -0.4 is 5.73 Å². The molecule has 0 aromatic heterocycles. The lowest BCUT2D eigenvalue weighted by Gasteiger charge is -2.09. The van der Waals surface area contributed by atoms with Gasteiger partial charge in [0, 0.05) is 0 Å². The van der Waals surface area contributed by atoms with Crippen molar-refractivity contribution in [3.05, 3.63) is 59.2 Å². The molecule has 0 amide bonds. The first-order chi connectivity index (χ1) is 8.90. The van der Waals surface area contributed by atoms with Crippen molar-refractivity contribution in [3.8, 4) is 0 Å². The summed E-state index contributed by atoms with van der Waals surface area (Å²) in [6.07, 6.45) is 0. The molecule has 100 valence electrons. The molecule has 19 heavy (non-hydrogen) atoms. The monoisotopic (exact) mass is 275 g/mol. The van der Waals surface area contributed by atoms with Crippen molar-refractivity contribution in [2.75, 3.05) is 5.73 Å². The molecule has 0 bridgehead atoms. The maximum atomic E-state index is 12.3. The van der Waals surface area contributed by atoms with Crippen LogP contribution in [0, 0.1) is 13.8 Å². The van der Waals surface area contributed by atoms with E-state index >= 15 is 0 Å². The molecule has 0 radical (unpaired) electrons. The first-order valence-electron chi connectivity index (χ1n) is 6.03. The predicted molar refractivity (Wildman–Crippen MR) is 77.7 cm³/mol. The Morgan fingerprint density at radius 3 is 2.32 bits per heavy atom. The van der Waals surface area contributed by atoms with Crippen molar-refractivity contribution >= 4 is 15.5 Å². The SMILES string of the molecule is Cc1ccc(CS(=O)(=O)c2ccccc2N)cc1C. The Morgan fingerprint density at radius 2 is 1.68 bits per heavy atom. The number of hydrogen-bond donors (Lipinski definition) is 1. The van der Waals surface area contributed by atoms with Crippen molar-refractivity contribution in [2.45, 2.75) is 24.5 Å². The molecule has 4 heteroatoms. The van der Waals surface area contributed by atoms with Crippen molar-refractivity contribution in [1.82, 2.24) is 0 Å². The van der Waals surface area contributed by atoms with Gasteiger partial charge in [-0.25, -0.2) is 8.42 Å². The van der Waals surface area contributed by atoms with Gasteiger partial charge in [-0.2, -0.15) is 0 Å². The van der Waals surface area contributed by atoms with Crippen molar-refractivity contribution in [1.29, 1.82) is 0 Å². The second-order valence-electron chi connectivity index (χ2n) is 4.72. The van der Waals surface area contributed by atoms with Crippen LogP contribution >= 0.6 is 0 Å². The van der Waals surface area contributed by atoms with Crippen LogP contribution in [0.25, 0.3) is 0 Å². The predicted octanol–water partition coefficient (Wildman–Crippen LogP) is 2.86. The Morgan fingerprint density at radius 1 is 1.00 bits per heavy atom. The van der Waals surface area contributed by atoms with Crippen LogP contribution in [-0.4, -0.2) is 8.42 Å². The number of sulfone groups is 1. The summed E-state index contributed by atoms with van der Waals surface area (Å²) in [6, 6.07) is 12.3. The van der Waals surface area contributed by atoms with Crippen molar-refractivity contribution in [2.24, 2.45) is 0 Å². The van der Waals surface area contributed by atoms with E-state index in [4.69, 9.17) is 5.73 Å². The average molecular weight is 275 g/mol. The van der Waals surface area contributed by atoms with Gasteiger partial charge in [0.25, 0.3) is 0 Å². The van der Waals surface area contributed by atoms with Crippen LogP contribution in [0.5, 0.6) is 0 Å². The van der Waals surface area contributed by atoms with Crippen LogP contribution in [-0.2, 0) is 15.6 Å². The molecule has 0 aliphatic carbocycles. The van der Waals surface area contributed by atoms with E-state index in [1.165, 1.54) is 0 Å². The molecule has 2 N–H and O–H groups in total. The minimum absolute atomic E-state index is 0.0255. The lowest BCUT2D eigenvalue weighted by molar-refractivity contribution is 0.595. The minimum Gasteiger partial charge on any atom is -0.398 e. The number of para-hydroxylation sites is 1. The number of benzene rings is 2. The fraction of sp³-hybridized carbons (Fsp3) is 0.200. The molecule has 0 saturated heterocycles. The lowest BCUT2D eigenvalue weighted by Crippen LogP contribution is -2.08. The summed E-state index contributed by atoms with van der Waals surface area (Å²) in [4.78, 5) is 0.202. The van der Waals surface area contributed by atoms with E-state index in [0.29, 0.717) is 5.69 Å². The fourth-order valence-electron chi connectivity index (χ4n) is 1.95. The van der Waals surface area contributed by atoms with Gasteiger partial charge in [0.2, 0.25) is 0 Å². The van der Waals surface area contributed by atoms with Gasteiger partial charge in [-0.05, 0) is 42.7 Å². The summed E-state index contributed by atoms with van der Waals surface area (Å²) in [7, 11) is -3.40. The third-order valence-corrected chi connectivity index (χ3v) is 4.94. The molecule has 0 fully saturated rings. The molecular weight excluding hydrogens is 258 g/mol. The normalized spacial score (nSPS) is 11.5. The standard InChI is InChI=1S/C15H17NO2S/c1-11-7-8-13(9-12(11)2)10-19(17,18)15-6-4-3-5-14(15)16/h3-9H,10,16H2,1-2H3. The summed E-state index contributed by atoms with van der Waals surface area (Å²) in [5.41, 5.74) is 9.06. The molecule has 0 saturated carbocycles. The number of hydrogen-bond acceptors (Lipinski definition) is 3. The summed E-state index contributed by atoms with van der Waals surface area (Å²) >= 11 is 0. The second kappa shape index (κ2) is 5.05. The molecule has 2 aromatic carbocycles. The van der Waals surface area contributed by atoms with Crippen LogP contribution in [0.3, 0.4) is 0 Å². The van der Waals surface area contributed by atoms with E-state index in [0.717, 1.165) is 16.7 Å². The smallest absolute Gasteiger partial charge is 0.184 e. The first-order valence-corrected chi connectivity index (χ1v) is 7.69. The topological polar surface area (TPSA) is 60.2 Å². The number of aryl methyl sites for hydroxylation is 2. The molecule has 0 spiro atoms. The second-order valence-corrected chi connectivity index (χ2v) is 6.67. The van der Waals surface area contributed by atoms with E-state index < -0.39 is 9.84 Å². The largest absolute Gasteiger partial charge is 0.398 e. The summed E-state index contributed by atoms with van der Waals surface area (Å²) in [5, 5.41) is 0. The Kier molecular flexibility index (Phi) is 3.62. The van der Waals surface area contributed by atoms with E-state index in [-0.39, 0.29) is 10.6 Å². The van der Waals surface area contributed by atoms with Gasteiger partial charge in [0.1, 0.15) is 0 Å². The Labute approximate surface area is 114 Å². The van der Waals surface area contributed by atoms with E-state index in [9.17, 15) is 8.42 Å². The summed E-state index contributed by atoms with van der Waals surface area (Å²) in [6.45, 7) is 3.98. The van der Waals surface area contributed by atoms with Gasteiger partial charge in [-0.3, -0.25) is 0 Å². The molecule has 2 aromatic rings. The molecule has 3 nitrogen and oxygen atoms in total. The summed E-state index contributed by atoms with van der Waals surface area (Å²) in [5.74, 6) is -0.0255. The number of anilines is 1. The highest BCUT2D eigenvalue weighted by Gasteiger charge is 2.18. The van der Waals surface area contributed by atoms with E-state index in [1.54, 1.807) is 24.3 Å². The van der Waals surface area contributed by atoms with E-state index in [2.05, 4.69) is 0 Å². The third kappa shape index (κ3) is 2.96. The molecule has 0 heterocycles. The van der Waals surface area contributed by atoms with Gasteiger partial charge in [-0.15, -0.1) is 0 Å². The Bertz CT molecular complexity index is 706. The number of nitrogen functional groups attached to an aromatic ring is 1. The maximum absolute atomic E-state index is 12.3. The highest BCUT2D eigenvalue weighted by molar-refractivity contribution is 7.90. The van der Waals surface area contributed by atoms with Gasteiger partial charge in [0.05, 0.1) is 16.3 Å². The zero-order valence-electron chi connectivity index (χ0n) is 11.1. The van der Waals surface area contributed by atoms with Gasteiger partial charge in [-0.1, -0.05) is 30.3 Å². The van der Waals surface area contributed by atoms with Crippen LogP contribution in [0.1, 0.15) is 16.7 Å². The molecule has 0 atom stereocenters. The number of rotatable bonds is 3. The van der Waals surface area contributed by atoms with Gasteiger partial charge >= 0.3 is 0 Å². The highest BCUT2D eigenvalue weighted by Crippen LogP contribution is 2.22.